The number of carbonyl (C=O) groups is 3. The number of ether oxygens (including phenoxy) is 2. The van der Waals surface area contributed by atoms with Gasteiger partial charge in [-0.25, -0.2) is 9.59 Å². The van der Waals surface area contributed by atoms with E-state index >= 15 is 0 Å². The van der Waals surface area contributed by atoms with Crippen molar-refractivity contribution in [2.75, 3.05) is 5.75 Å². The Labute approximate surface area is 169 Å². The molecule has 1 heterocycles. The van der Waals surface area contributed by atoms with Gasteiger partial charge < -0.3 is 14.8 Å². The molecule has 3 atom stereocenters. The highest BCUT2D eigenvalue weighted by Gasteiger charge is 2.47. The zero-order valence-electron chi connectivity index (χ0n) is 16.5. The summed E-state index contributed by atoms with van der Waals surface area (Å²) in [6.45, 7) is 4.57. The van der Waals surface area contributed by atoms with Crippen LogP contribution in [0.3, 0.4) is 0 Å². The Morgan fingerprint density at radius 3 is 2.34 bits per heavy atom. The third kappa shape index (κ3) is 6.53. The maximum Gasteiger partial charge on any atom is 0.353 e. The molecule has 1 aromatic carbocycles. The van der Waals surface area contributed by atoms with Gasteiger partial charge in [-0.2, -0.15) is 8.42 Å². The number of hydrogen-bond acceptors (Lipinski definition) is 7. The van der Waals surface area contributed by atoms with Gasteiger partial charge in [-0.3, -0.25) is 9.35 Å². The van der Waals surface area contributed by atoms with Gasteiger partial charge in [0.15, 0.2) is 0 Å². The number of cyclic esters (lactones) is 2. The first-order valence-electron chi connectivity index (χ1n) is 9.07. The first-order valence-corrected chi connectivity index (χ1v) is 10.7. The van der Waals surface area contributed by atoms with E-state index in [1.807, 2.05) is 0 Å². The van der Waals surface area contributed by atoms with Gasteiger partial charge >= 0.3 is 11.9 Å². The third-order valence-corrected chi connectivity index (χ3v) is 5.36. The van der Waals surface area contributed by atoms with E-state index in [1.165, 1.54) is 6.92 Å². The fourth-order valence-corrected chi connectivity index (χ4v) is 3.89. The lowest BCUT2D eigenvalue weighted by Crippen LogP contribution is -2.50. The quantitative estimate of drug-likeness (QED) is 0.469. The predicted molar refractivity (Wildman–Crippen MR) is 102 cm³/mol. The minimum atomic E-state index is -4.22. The highest BCUT2D eigenvalue weighted by atomic mass is 32.2. The number of esters is 2. The summed E-state index contributed by atoms with van der Waals surface area (Å²) in [6, 6.07) is 7.81. The van der Waals surface area contributed by atoms with Gasteiger partial charge in [0, 0.05) is 23.9 Å². The molecule has 0 radical (unpaired) electrons. The molecule has 1 amide bonds. The second-order valence-electron chi connectivity index (χ2n) is 7.71. The minimum Gasteiger partial charge on any atom is -0.447 e. The van der Waals surface area contributed by atoms with Gasteiger partial charge in [-0.15, -0.1) is 0 Å². The zero-order chi connectivity index (χ0) is 21.8. The van der Waals surface area contributed by atoms with E-state index in [-0.39, 0.29) is 12.8 Å². The highest BCUT2D eigenvalue weighted by molar-refractivity contribution is 7.85. The van der Waals surface area contributed by atoms with Crippen LogP contribution < -0.4 is 5.32 Å². The van der Waals surface area contributed by atoms with Crippen LogP contribution in [-0.4, -0.2) is 48.7 Å². The molecule has 9 nitrogen and oxygen atoms in total. The molecule has 0 spiro atoms. The Balaban J connectivity index is 2.13. The van der Waals surface area contributed by atoms with Crippen LogP contribution in [0.1, 0.15) is 45.3 Å². The van der Waals surface area contributed by atoms with E-state index in [0.29, 0.717) is 5.56 Å². The van der Waals surface area contributed by atoms with Crippen LogP contribution in [0.15, 0.2) is 30.3 Å². The second-order valence-corrected chi connectivity index (χ2v) is 9.28. The molecule has 29 heavy (non-hydrogen) atoms. The second kappa shape index (κ2) is 8.91. The van der Waals surface area contributed by atoms with Gasteiger partial charge in [-0.05, 0) is 12.8 Å². The maximum absolute atomic E-state index is 12.6. The summed E-state index contributed by atoms with van der Waals surface area (Å²) in [4.78, 5) is 36.5. The average Bonchev–Trinajstić information content (AvgIpc) is 2.60. The SMILES string of the molecule is CC(=O)NC(CCS(=O)(=O)O)CC(C)(C)[C@H]1OC(=O)C(c2ccccc2)OC1=O. The minimum absolute atomic E-state index is 0.0653. The molecule has 1 fully saturated rings. The molecular formula is C19H25NO8S. The van der Waals surface area contributed by atoms with Crippen molar-refractivity contribution in [1.29, 1.82) is 0 Å². The van der Waals surface area contributed by atoms with Crippen molar-refractivity contribution in [2.24, 2.45) is 5.41 Å². The summed E-state index contributed by atoms with van der Waals surface area (Å²) in [5.74, 6) is -2.38. The molecule has 0 aromatic heterocycles. The number of carbonyl (C=O) groups excluding carboxylic acids is 3. The molecule has 0 saturated carbocycles. The van der Waals surface area contributed by atoms with Crippen molar-refractivity contribution in [1.82, 2.24) is 5.32 Å². The van der Waals surface area contributed by atoms with Crippen LogP contribution in [0.25, 0.3) is 0 Å². The molecule has 1 aliphatic rings. The van der Waals surface area contributed by atoms with Gasteiger partial charge in [0.1, 0.15) is 0 Å². The van der Waals surface area contributed by atoms with Crippen molar-refractivity contribution < 1.29 is 36.8 Å². The Bertz CT molecular complexity index is 865. The summed E-state index contributed by atoms with van der Waals surface area (Å²) >= 11 is 0. The largest absolute Gasteiger partial charge is 0.447 e. The lowest BCUT2D eigenvalue weighted by molar-refractivity contribution is -0.205. The monoisotopic (exact) mass is 427 g/mol. The number of nitrogens with one attached hydrogen (secondary N) is 1. The molecule has 0 bridgehead atoms. The summed E-state index contributed by atoms with van der Waals surface area (Å²) in [6.07, 6.45) is -2.33. The summed E-state index contributed by atoms with van der Waals surface area (Å²) in [5, 5.41) is 2.60. The van der Waals surface area contributed by atoms with Crippen LogP contribution in [-0.2, 0) is 34.0 Å². The van der Waals surface area contributed by atoms with Crippen LogP contribution in [0, 0.1) is 5.41 Å². The third-order valence-electron chi connectivity index (χ3n) is 4.61. The normalized spacial score (nSPS) is 21.1. The fraction of sp³-hybridized carbons (Fsp3) is 0.526. The van der Waals surface area contributed by atoms with Crippen molar-refractivity contribution in [3.8, 4) is 0 Å². The van der Waals surface area contributed by atoms with E-state index in [1.54, 1.807) is 44.2 Å². The van der Waals surface area contributed by atoms with Crippen LogP contribution >= 0.6 is 0 Å². The number of hydrogen-bond donors (Lipinski definition) is 2. The standard InChI is InChI=1S/C19H25NO8S/c1-12(21)20-14(9-10-29(24,25)26)11-19(2,3)16-18(23)27-15(17(22)28-16)13-7-5-4-6-8-13/h4-8,14-16H,9-11H2,1-3H3,(H,20,21)(H,24,25,26)/t14?,15?,16-/m0/s1. The molecule has 160 valence electrons. The molecule has 1 aliphatic heterocycles. The lowest BCUT2D eigenvalue weighted by atomic mass is 9.79. The predicted octanol–water partition coefficient (Wildman–Crippen LogP) is 1.40. The van der Waals surface area contributed by atoms with Crippen molar-refractivity contribution in [3.05, 3.63) is 35.9 Å². The molecule has 1 saturated heterocycles. The van der Waals surface area contributed by atoms with Gasteiger partial charge in [0.05, 0.1) is 5.75 Å². The van der Waals surface area contributed by atoms with Crippen LogP contribution in [0.5, 0.6) is 0 Å². The van der Waals surface area contributed by atoms with E-state index in [9.17, 15) is 22.8 Å². The topological polar surface area (TPSA) is 136 Å². The molecule has 0 aliphatic carbocycles. The fourth-order valence-electron chi connectivity index (χ4n) is 3.31. The van der Waals surface area contributed by atoms with Gasteiger partial charge in [-0.1, -0.05) is 44.2 Å². The van der Waals surface area contributed by atoms with E-state index in [4.69, 9.17) is 14.0 Å². The molecule has 1 aromatic rings. The van der Waals surface area contributed by atoms with Crippen molar-refractivity contribution in [2.45, 2.75) is 51.9 Å². The maximum atomic E-state index is 12.6. The molecular weight excluding hydrogens is 402 g/mol. The number of rotatable bonds is 8. The lowest BCUT2D eigenvalue weighted by Gasteiger charge is -2.38. The number of amides is 1. The Morgan fingerprint density at radius 1 is 1.17 bits per heavy atom. The van der Waals surface area contributed by atoms with E-state index < -0.39 is 57.4 Å². The summed E-state index contributed by atoms with van der Waals surface area (Å²) in [7, 11) is -4.22. The Kier molecular flexibility index (Phi) is 7.02. The van der Waals surface area contributed by atoms with E-state index in [0.717, 1.165) is 0 Å². The van der Waals surface area contributed by atoms with E-state index in [2.05, 4.69) is 5.32 Å². The smallest absolute Gasteiger partial charge is 0.353 e. The van der Waals surface area contributed by atoms with Gasteiger partial charge in [0.2, 0.25) is 18.1 Å². The highest BCUT2D eigenvalue weighted by Crippen LogP contribution is 2.36. The van der Waals surface area contributed by atoms with Crippen molar-refractivity contribution >= 4 is 28.0 Å². The van der Waals surface area contributed by atoms with Gasteiger partial charge in [0.25, 0.3) is 10.1 Å². The Hall–Kier alpha value is -2.46. The molecule has 2 rings (SSSR count). The average molecular weight is 427 g/mol. The van der Waals surface area contributed by atoms with Crippen LogP contribution in [0.4, 0.5) is 0 Å². The number of benzene rings is 1. The van der Waals surface area contributed by atoms with Crippen LogP contribution in [0.2, 0.25) is 0 Å². The first-order chi connectivity index (χ1) is 13.4. The summed E-state index contributed by atoms with van der Waals surface area (Å²) in [5.41, 5.74) is -0.479. The molecule has 2 N–H and O–H groups in total. The molecule has 10 heteroatoms. The van der Waals surface area contributed by atoms with Crippen molar-refractivity contribution in [3.63, 3.8) is 0 Å². The summed E-state index contributed by atoms with van der Waals surface area (Å²) < 4.78 is 41.8. The molecule has 2 unspecified atom stereocenters. The Morgan fingerprint density at radius 2 is 1.79 bits per heavy atom. The zero-order valence-corrected chi connectivity index (χ0v) is 17.3. The first kappa shape index (κ1) is 22.8.